The molecule has 0 saturated heterocycles. The highest BCUT2D eigenvalue weighted by Gasteiger charge is 2.16. The summed E-state index contributed by atoms with van der Waals surface area (Å²) in [5.41, 5.74) is 2.47. The minimum Gasteiger partial charge on any atom is -0.388 e. The highest BCUT2D eigenvalue weighted by molar-refractivity contribution is 5.56. The molecule has 0 bridgehead atoms. The van der Waals surface area contributed by atoms with Gasteiger partial charge in [-0.15, -0.1) is 10.2 Å². The third kappa shape index (κ3) is 3.50. The van der Waals surface area contributed by atoms with Crippen LogP contribution in [0.15, 0.2) is 24.3 Å². The molecule has 0 unspecified atom stereocenters. The molecule has 0 aliphatic rings. The molecule has 1 aromatic heterocycles. The van der Waals surface area contributed by atoms with Crippen LogP contribution in [-0.2, 0) is 18.6 Å². The monoisotopic (exact) mass is 287 g/mol. The molecule has 0 amide bonds. The first-order valence-corrected chi connectivity index (χ1v) is 7.46. The Bertz CT molecular complexity index is 591. The maximum atomic E-state index is 9.42. The summed E-state index contributed by atoms with van der Waals surface area (Å²) >= 11 is 0. The molecule has 0 spiro atoms. The molecule has 0 saturated carbocycles. The average molecular weight is 287 g/mol. The van der Waals surface area contributed by atoms with Crippen LogP contribution in [0.1, 0.15) is 46.0 Å². The van der Waals surface area contributed by atoms with Crippen LogP contribution < -0.4 is 0 Å². The largest absolute Gasteiger partial charge is 0.388 e. The van der Waals surface area contributed by atoms with E-state index in [1.165, 1.54) is 5.56 Å². The van der Waals surface area contributed by atoms with E-state index in [-0.39, 0.29) is 12.0 Å². The molecule has 2 aromatic rings. The van der Waals surface area contributed by atoms with Crippen molar-refractivity contribution in [3.8, 4) is 11.4 Å². The van der Waals surface area contributed by atoms with E-state index < -0.39 is 0 Å². The van der Waals surface area contributed by atoms with E-state index >= 15 is 0 Å². The summed E-state index contributed by atoms with van der Waals surface area (Å²) in [6.45, 7) is 11.6. The van der Waals surface area contributed by atoms with Gasteiger partial charge < -0.3 is 9.67 Å². The van der Waals surface area contributed by atoms with Crippen molar-refractivity contribution in [2.24, 2.45) is 5.92 Å². The topological polar surface area (TPSA) is 50.9 Å². The van der Waals surface area contributed by atoms with E-state index in [4.69, 9.17) is 0 Å². The lowest BCUT2D eigenvalue weighted by Crippen LogP contribution is -2.11. The normalized spacial score (nSPS) is 12.1. The molecule has 1 aromatic carbocycles. The van der Waals surface area contributed by atoms with Gasteiger partial charge in [-0.2, -0.15) is 0 Å². The number of benzene rings is 1. The van der Waals surface area contributed by atoms with Crippen LogP contribution >= 0.6 is 0 Å². The molecule has 2 rings (SSSR count). The van der Waals surface area contributed by atoms with Crippen molar-refractivity contribution in [1.29, 1.82) is 0 Å². The van der Waals surface area contributed by atoms with Crippen molar-refractivity contribution in [2.75, 3.05) is 0 Å². The van der Waals surface area contributed by atoms with Crippen LogP contribution in [0.25, 0.3) is 11.4 Å². The Morgan fingerprint density at radius 1 is 1.10 bits per heavy atom. The van der Waals surface area contributed by atoms with Gasteiger partial charge in [0, 0.05) is 12.1 Å². The lowest BCUT2D eigenvalue weighted by atomic mass is 9.87. The van der Waals surface area contributed by atoms with Gasteiger partial charge in [-0.3, -0.25) is 0 Å². The summed E-state index contributed by atoms with van der Waals surface area (Å²) in [6, 6.07) is 8.45. The average Bonchev–Trinajstić information content (AvgIpc) is 2.80. The predicted octanol–water partition coefficient (Wildman–Crippen LogP) is 3.39. The zero-order valence-electron chi connectivity index (χ0n) is 13.6. The number of aliphatic hydroxyl groups is 1. The van der Waals surface area contributed by atoms with Gasteiger partial charge in [-0.1, -0.05) is 58.9 Å². The molecule has 0 aliphatic carbocycles. The molecule has 1 N–H and O–H groups in total. The number of aromatic nitrogens is 3. The second kappa shape index (κ2) is 5.98. The van der Waals surface area contributed by atoms with Crippen molar-refractivity contribution in [3.63, 3.8) is 0 Å². The van der Waals surface area contributed by atoms with Gasteiger partial charge in [-0.25, -0.2) is 0 Å². The molecular formula is C17H25N3O. The van der Waals surface area contributed by atoms with E-state index in [1.807, 2.05) is 4.57 Å². The standard InChI is InChI=1S/C17H25N3O/c1-12(2)10-20-15(11-21)18-19-16(20)13-6-8-14(9-7-13)17(3,4)5/h6-9,12,21H,10-11H2,1-5H3. The summed E-state index contributed by atoms with van der Waals surface area (Å²) < 4.78 is 2.01. The summed E-state index contributed by atoms with van der Waals surface area (Å²) in [5.74, 6) is 1.92. The molecule has 4 nitrogen and oxygen atoms in total. The number of hydrogen-bond donors (Lipinski definition) is 1. The van der Waals surface area contributed by atoms with Crippen LogP contribution in [0.2, 0.25) is 0 Å². The lowest BCUT2D eigenvalue weighted by Gasteiger charge is -2.19. The zero-order valence-corrected chi connectivity index (χ0v) is 13.6. The molecule has 0 fully saturated rings. The Balaban J connectivity index is 2.40. The molecule has 0 atom stereocenters. The van der Waals surface area contributed by atoms with Crippen molar-refractivity contribution >= 4 is 0 Å². The summed E-state index contributed by atoms with van der Waals surface area (Å²) in [5, 5.41) is 17.8. The SMILES string of the molecule is CC(C)Cn1c(CO)nnc1-c1ccc(C(C)(C)C)cc1. The fourth-order valence-electron chi connectivity index (χ4n) is 2.34. The predicted molar refractivity (Wildman–Crippen MR) is 84.9 cm³/mol. The third-order valence-electron chi connectivity index (χ3n) is 3.53. The number of rotatable bonds is 4. The molecular weight excluding hydrogens is 262 g/mol. The maximum Gasteiger partial charge on any atom is 0.164 e. The minimum atomic E-state index is -0.0835. The van der Waals surface area contributed by atoms with Crippen molar-refractivity contribution in [3.05, 3.63) is 35.7 Å². The Hall–Kier alpha value is -1.68. The lowest BCUT2D eigenvalue weighted by molar-refractivity contribution is 0.262. The van der Waals surface area contributed by atoms with Gasteiger partial charge in [0.2, 0.25) is 0 Å². The van der Waals surface area contributed by atoms with Gasteiger partial charge in [0.15, 0.2) is 11.6 Å². The van der Waals surface area contributed by atoms with Gasteiger partial charge >= 0.3 is 0 Å². The first kappa shape index (κ1) is 15.7. The highest BCUT2D eigenvalue weighted by atomic mass is 16.3. The fourth-order valence-corrected chi connectivity index (χ4v) is 2.34. The summed E-state index contributed by atoms with van der Waals surface area (Å²) in [4.78, 5) is 0. The highest BCUT2D eigenvalue weighted by Crippen LogP contribution is 2.26. The molecule has 4 heteroatoms. The minimum absolute atomic E-state index is 0.0835. The van der Waals surface area contributed by atoms with Crippen molar-refractivity contribution in [2.45, 2.75) is 53.2 Å². The van der Waals surface area contributed by atoms with Gasteiger partial charge in [0.25, 0.3) is 0 Å². The van der Waals surface area contributed by atoms with Gasteiger partial charge in [0.05, 0.1) is 0 Å². The maximum absolute atomic E-state index is 9.42. The smallest absolute Gasteiger partial charge is 0.164 e. The molecule has 21 heavy (non-hydrogen) atoms. The van der Waals surface area contributed by atoms with Gasteiger partial charge in [0.1, 0.15) is 6.61 Å². The Morgan fingerprint density at radius 3 is 2.19 bits per heavy atom. The Morgan fingerprint density at radius 2 is 1.71 bits per heavy atom. The summed E-state index contributed by atoms with van der Waals surface area (Å²) in [6.07, 6.45) is 0. The van der Waals surface area contributed by atoms with E-state index in [0.29, 0.717) is 11.7 Å². The van der Waals surface area contributed by atoms with E-state index in [9.17, 15) is 5.11 Å². The van der Waals surface area contributed by atoms with E-state index in [1.54, 1.807) is 0 Å². The van der Waals surface area contributed by atoms with Crippen LogP contribution in [0.3, 0.4) is 0 Å². The third-order valence-corrected chi connectivity index (χ3v) is 3.53. The molecule has 0 aliphatic heterocycles. The van der Waals surface area contributed by atoms with Crippen molar-refractivity contribution in [1.82, 2.24) is 14.8 Å². The van der Waals surface area contributed by atoms with Gasteiger partial charge in [-0.05, 0) is 16.9 Å². The Labute approximate surface area is 126 Å². The van der Waals surface area contributed by atoms with Crippen LogP contribution in [0.4, 0.5) is 0 Å². The molecule has 0 radical (unpaired) electrons. The van der Waals surface area contributed by atoms with Crippen molar-refractivity contribution < 1.29 is 5.11 Å². The van der Waals surface area contributed by atoms with Crippen LogP contribution in [0, 0.1) is 5.92 Å². The zero-order chi connectivity index (χ0) is 15.6. The fraction of sp³-hybridized carbons (Fsp3) is 0.529. The van der Waals surface area contributed by atoms with Crippen LogP contribution in [-0.4, -0.2) is 19.9 Å². The first-order chi connectivity index (χ1) is 9.82. The first-order valence-electron chi connectivity index (χ1n) is 7.46. The van der Waals surface area contributed by atoms with E-state index in [0.717, 1.165) is 17.9 Å². The number of hydrogen-bond acceptors (Lipinski definition) is 3. The van der Waals surface area contributed by atoms with Crippen LogP contribution in [0.5, 0.6) is 0 Å². The molecule has 114 valence electrons. The second-order valence-corrected chi connectivity index (χ2v) is 6.93. The number of aliphatic hydroxyl groups excluding tert-OH is 1. The summed E-state index contributed by atoms with van der Waals surface area (Å²) in [7, 11) is 0. The second-order valence-electron chi connectivity index (χ2n) is 6.93. The quantitative estimate of drug-likeness (QED) is 0.937. The number of nitrogens with zero attached hydrogens (tertiary/aromatic N) is 3. The Kier molecular flexibility index (Phi) is 4.47. The van der Waals surface area contributed by atoms with E-state index in [2.05, 4.69) is 69.1 Å². The molecule has 1 heterocycles.